The van der Waals surface area contributed by atoms with E-state index in [2.05, 4.69) is 15.6 Å². The highest BCUT2D eigenvalue weighted by atomic mass is 16.5. The molecule has 1 aliphatic carbocycles. The van der Waals surface area contributed by atoms with Gasteiger partial charge in [0, 0.05) is 24.8 Å². The first kappa shape index (κ1) is 23.5. The van der Waals surface area contributed by atoms with E-state index in [0.29, 0.717) is 42.2 Å². The number of benzene rings is 1. The molecule has 32 heavy (non-hydrogen) atoms. The van der Waals surface area contributed by atoms with Crippen molar-refractivity contribution >= 4 is 5.96 Å². The Bertz CT molecular complexity index is 872. The minimum atomic E-state index is 0.269. The van der Waals surface area contributed by atoms with Crippen LogP contribution in [0.4, 0.5) is 0 Å². The van der Waals surface area contributed by atoms with Crippen molar-refractivity contribution in [2.24, 2.45) is 4.99 Å². The molecule has 8 heteroatoms. The first-order valence-corrected chi connectivity index (χ1v) is 11.1. The molecule has 0 spiro atoms. The zero-order valence-electron chi connectivity index (χ0n) is 19.4. The van der Waals surface area contributed by atoms with Crippen LogP contribution in [0.1, 0.15) is 43.7 Å². The average molecular weight is 443 g/mol. The molecule has 0 unspecified atom stereocenters. The maximum Gasteiger partial charge on any atom is 0.218 e. The number of nitrogens with one attached hydrogen (secondary N) is 2. The van der Waals surface area contributed by atoms with Gasteiger partial charge in [-0.15, -0.1) is 0 Å². The molecule has 1 aliphatic rings. The van der Waals surface area contributed by atoms with Crippen LogP contribution >= 0.6 is 0 Å². The lowest BCUT2D eigenvalue weighted by Gasteiger charge is -2.17. The summed E-state index contributed by atoms with van der Waals surface area (Å²) in [6.45, 7) is 3.80. The molecule has 0 saturated heterocycles. The first-order chi connectivity index (χ1) is 15.7. The zero-order chi connectivity index (χ0) is 22.8. The van der Waals surface area contributed by atoms with Crippen molar-refractivity contribution in [1.82, 2.24) is 15.6 Å². The summed E-state index contributed by atoms with van der Waals surface area (Å²) in [5, 5.41) is 6.67. The summed E-state index contributed by atoms with van der Waals surface area (Å²) in [7, 11) is 4.80. The van der Waals surface area contributed by atoms with Crippen LogP contribution in [0.15, 0.2) is 35.5 Å². The second-order valence-corrected chi connectivity index (χ2v) is 7.57. The van der Waals surface area contributed by atoms with Crippen LogP contribution in [0.25, 0.3) is 0 Å². The number of ether oxygens (including phenoxy) is 4. The van der Waals surface area contributed by atoms with Crippen molar-refractivity contribution in [3.05, 3.63) is 41.6 Å². The summed E-state index contributed by atoms with van der Waals surface area (Å²) < 4.78 is 22.4. The Labute approximate surface area is 190 Å². The van der Waals surface area contributed by atoms with Gasteiger partial charge in [-0.1, -0.05) is 6.07 Å². The van der Waals surface area contributed by atoms with Gasteiger partial charge in [-0.25, -0.2) is 9.98 Å². The summed E-state index contributed by atoms with van der Waals surface area (Å²) in [4.78, 5) is 9.17. The van der Waals surface area contributed by atoms with E-state index in [4.69, 9.17) is 23.9 Å². The number of hydrogen-bond acceptors (Lipinski definition) is 6. The van der Waals surface area contributed by atoms with E-state index in [1.807, 2.05) is 31.2 Å². The predicted octanol–water partition coefficient (Wildman–Crippen LogP) is 3.68. The molecule has 2 aromatic rings. The molecule has 0 amide bonds. The van der Waals surface area contributed by atoms with E-state index in [1.54, 1.807) is 27.5 Å². The predicted molar refractivity (Wildman–Crippen MR) is 125 cm³/mol. The maximum absolute atomic E-state index is 6.15. The Kier molecular flexibility index (Phi) is 8.83. The number of nitrogens with zero attached hydrogens (tertiary/aromatic N) is 2. The summed E-state index contributed by atoms with van der Waals surface area (Å²) in [6.07, 6.45) is 6.69. The van der Waals surface area contributed by atoms with Crippen LogP contribution in [-0.2, 0) is 13.1 Å². The molecule has 1 saturated carbocycles. The monoisotopic (exact) mass is 442 g/mol. The highest BCUT2D eigenvalue weighted by Gasteiger charge is 2.18. The SMILES string of the molecule is CCNC(=NCc1cc(OC)c(OC)c(OC)c1)NCc1cccnc1OC1CCCC1. The van der Waals surface area contributed by atoms with Gasteiger partial charge >= 0.3 is 0 Å². The number of rotatable bonds is 10. The van der Waals surface area contributed by atoms with Crippen molar-refractivity contribution in [3.63, 3.8) is 0 Å². The number of guanidine groups is 1. The quantitative estimate of drug-likeness (QED) is 0.429. The lowest BCUT2D eigenvalue weighted by atomic mass is 10.2. The number of pyridine rings is 1. The van der Waals surface area contributed by atoms with Gasteiger partial charge < -0.3 is 29.6 Å². The lowest BCUT2D eigenvalue weighted by molar-refractivity contribution is 0.199. The van der Waals surface area contributed by atoms with Gasteiger partial charge in [-0.3, -0.25) is 0 Å². The van der Waals surface area contributed by atoms with Gasteiger partial charge in [0.2, 0.25) is 11.6 Å². The Balaban J connectivity index is 1.70. The van der Waals surface area contributed by atoms with E-state index in [1.165, 1.54) is 12.8 Å². The Morgan fingerprint density at radius 3 is 2.41 bits per heavy atom. The van der Waals surface area contributed by atoms with Crippen LogP contribution in [0, 0.1) is 0 Å². The molecule has 1 aromatic heterocycles. The van der Waals surface area contributed by atoms with Crippen LogP contribution in [0.2, 0.25) is 0 Å². The van der Waals surface area contributed by atoms with Gasteiger partial charge in [0.15, 0.2) is 17.5 Å². The van der Waals surface area contributed by atoms with E-state index in [-0.39, 0.29) is 6.10 Å². The number of aliphatic imine (C=N–C) groups is 1. The van der Waals surface area contributed by atoms with E-state index < -0.39 is 0 Å². The fourth-order valence-corrected chi connectivity index (χ4v) is 3.75. The summed E-state index contributed by atoms with van der Waals surface area (Å²) in [6, 6.07) is 7.78. The average Bonchev–Trinajstić information content (AvgIpc) is 3.34. The third kappa shape index (κ3) is 6.18. The summed E-state index contributed by atoms with van der Waals surface area (Å²) >= 11 is 0. The smallest absolute Gasteiger partial charge is 0.218 e. The van der Waals surface area contributed by atoms with Crippen molar-refractivity contribution in [1.29, 1.82) is 0 Å². The van der Waals surface area contributed by atoms with Gasteiger partial charge in [0.1, 0.15) is 6.10 Å². The molecular formula is C24H34N4O4. The van der Waals surface area contributed by atoms with Crippen LogP contribution < -0.4 is 29.6 Å². The van der Waals surface area contributed by atoms with Crippen LogP contribution in [0.5, 0.6) is 23.1 Å². The van der Waals surface area contributed by atoms with Gasteiger partial charge in [0.05, 0.1) is 27.9 Å². The van der Waals surface area contributed by atoms with Crippen molar-refractivity contribution in [3.8, 4) is 23.1 Å². The molecule has 174 valence electrons. The molecule has 0 radical (unpaired) electrons. The first-order valence-electron chi connectivity index (χ1n) is 11.1. The van der Waals surface area contributed by atoms with Crippen molar-refractivity contribution in [2.75, 3.05) is 27.9 Å². The number of aromatic nitrogens is 1. The summed E-state index contributed by atoms with van der Waals surface area (Å²) in [5.74, 6) is 3.20. The third-order valence-corrected chi connectivity index (χ3v) is 5.37. The largest absolute Gasteiger partial charge is 0.493 e. The molecule has 0 bridgehead atoms. The molecule has 0 aliphatic heterocycles. The van der Waals surface area contributed by atoms with Gasteiger partial charge in [0.25, 0.3) is 0 Å². The Hall–Kier alpha value is -3.16. The molecule has 1 fully saturated rings. The standard InChI is InChI=1S/C24H34N4O4/c1-5-25-24(27-15-17-13-20(29-2)22(31-4)21(14-17)30-3)28-16-18-9-8-12-26-23(18)32-19-10-6-7-11-19/h8-9,12-14,19H,5-7,10-11,15-16H2,1-4H3,(H2,25,27,28). The second kappa shape index (κ2) is 12.0. The van der Waals surface area contributed by atoms with Crippen molar-refractivity contribution < 1.29 is 18.9 Å². The molecule has 2 N–H and O–H groups in total. The summed E-state index contributed by atoms with van der Waals surface area (Å²) in [5.41, 5.74) is 1.96. The van der Waals surface area contributed by atoms with Crippen molar-refractivity contribution in [2.45, 2.75) is 51.8 Å². The molecule has 0 atom stereocenters. The van der Waals surface area contributed by atoms with Gasteiger partial charge in [-0.2, -0.15) is 0 Å². The maximum atomic E-state index is 6.15. The topological polar surface area (TPSA) is 86.2 Å². The highest BCUT2D eigenvalue weighted by molar-refractivity contribution is 5.79. The van der Waals surface area contributed by atoms with E-state index >= 15 is 0 Å². The van der Waals surface area contributed by atoms with Crippen LogP contribution in [0.3, 0.4) is 0 Å². The molecule has 8 nitrogen and oxygen atoms in total. The second-order valence-electron chi connectivity index (χ2n) is 7.57. The van der Waals surface area contributed by atoms with E-state index in [9.17, 15) is 0 Å². The number of methoxy groups -OCH3 is 3. The highest BCUT2D eigenvalue weighted by Crippen LogP contribution is 2.38. The normalized spacial score (nSPS) is 14.2. The van der Waals surface area contributed by atoms with Gasteiger partial charge in [-0.05, 0) is 56.4 Å². The number of hydrogen-bond donors (Lipinski definition) is 2. The molecule has 3 rings (SSSR count). The fourth-order valence-electron chi connectivity index (χ4n) is 3.75. The Morgan fingerprint density at radius 2 is 1.78 bits per heavy atom. The Morgan fingerprint density at radius 1 is 1.06 bits per heavy atom. The zero-order valence-corrected chi connectivity index (χ0v) is 19.4. The minimum absolute atomic E-state index is 0.269. The molecule has 1 heterocycles. The lowest BCUT2D eigenvalue weighted by Crippen LogP contribution is -2.37. The fraction of sp³-hybridized carbons (Fsp3) is 0.500. The third-order valence-electron chi connectivity index (χ3n) is 5.37. The molecule has 1 aromatic carbocycles. The molecular weight excluding hydrogens is 408 g/mol. The van der Waals surface area contributed by atoms with Crippen LogP contribution in [-0.4, -0.2) is 44.9 Å². The van der Waals surface area contributed by atoms with E-state index in [0.717, 1.165) is 30.5 Å². The minimum Gasteiger partial charge on any atom is -0.493 e.